The van der Waals surface area contributed by atoms with Gasteiger partial charge in [-0.05, 0) is 28.8 Å². The third kappa shape index (κ3) is 5.05. The number of aromatic nitrogens is 2. The quantitative estimate of drug-likeness (QED) is 0.388. The molecule has 0 aliphatic heterocycles. The van der Waals surface area contributed by atoms with Crippen molar-refractivity contribution in [3.8, 4) is 22.4 Å². The Kier molecular flexibility index (Phi) is 5.89. The van der Waals surface area contributed by atoms with Gasteiger partial charge in [-0.2, -0.15) is 0 Å². The zero-order valence-electron chi connectivity index (χ0n) is 16.8. The predicted molar refractivity (Wildman–Crippen MR) is 123 cm³/mol. The number of benzene rings is 3. The minimum atomic E-state index is -0.935. The third-order valence-corrected chi connectivity index (χ3v) is 4.97. The first-order valence-electron chi connectivity index (χ1n) is 9.90. The van der Waals surface area contributed by atoms with E-state index in [1.54, 1.807) is 6.07 Å². The van der Waals surface area contributed by atoms with Crippen molar-refractivity contribution in [3.05, 3.63) is 96.8 Å². The minimum Gasteiger partial charge on any atom is -0.480 e. The van der Waals surface area contributed by atoms with Crippen molar-refractivity contribution in [1.29, 1.82) is 0 Å². The highest BCUT2D eigenvalue weighted by atomic mass is 16.4. The second kappa shape index (κ2) is 9.09. The van der Waals surface area contributed by atoms with Crippen LogP contribution in [0.5, 0.6) is 0 Å². The Morgan fingerprint density at radius 2 is 1.61 bits per heavy atom. The fourth-order valence-electron chi connectivity index (χ4n) is 3.37. The molecule has 1 aromatic heterocycles. The van der Waals surface area contributed by atoms with Gasteiger partial charge >= 0.3 is 5.97 Å². The summed E-state index contributed by atoms with van der Waals surface area (Å²) in [7, 11) is 0. The molecule has 0 saturated carbocycles. The number of carboxylic acids is 1. The molecule has 1 heterocycles. The van der Waals surface area contributed by atoms with Crippen LogP contribution in [0.15, 0.2) is 91.3 Å². The number of hydrogen-bond acceptors (Lipinski definition) is 5. The SMILES string of the molecule is Nc1cccc(-c2ccc(-c3cc(NC(Cc4ccccc4)C(=O)O)ncn3)cc2)c1. The maximum atomic E-state index is 11.7. The molecule has 0 aliphatic rings. The van der Waals surface area contributed by atoms with Crippen LogP contribution < -0.4 is 11.1 Å². The average molecular weight is 410 g/mol. The Hall–Kier alpha value is -4.19. The number of hydrogen-bond donors (Lipinski definition) is 3. The largest absolute Gasteiger partial charge is 0.480 e. The second-order valence-corrected chi connectivity index (χ2v) is 7.22. The molecule has 4 N–H and O–H groups in total. The van der Waals surface area contributed by atoms with Crippen LogP contribution in [0, 0.1) is 0 Å². The van der Waals surface area contributed by atoms with Gasteiger partial charge in [0.2, 0.25) is 0 Å². The number of nitrogen functional groups attached to an aromatic ring is 1. The lowest BCUT2D eigenvalue weighted by Gasteiger charge is -2.15. The summed E-state index contributed by atoms with van der Waals surface area (Å²) in [6, 6.07) is 26.2. The van der Waals surface area contributed by atoms with Crippen LogP contribution in [0.3, 0.4) is 0 Å². The molecule has 1 unspecified atom stereocenters. The number of nitrogens with two attached hydrogens (primary N) is 1. The summed E-state index contributed by atoms with van der Waals surface area (Å²) >= 11 is 0. The number of anilines is 2. The fraction of sp³-hybridized carbons (Fsp3) is 0.0800. The highest BCUT2D eigenvalue weighted by Crippen LogP contribution is 2.26. The molecule has 0 amide bonds. The summed E-state index contributed by atoms with van der Waals surface area (Å²) in [5.74, 6) is -0.469. The third-order valence-electron chi connectivity index (χ3n) is 4.97. The molecule has 4 aromatic rings. The number of nitrogens with one attached hydrogen (secondary N) is 1. The van der Waals surface area contributed by atoms with Crippen molar-refractivity contribution in [2.45, 2.75) is 12.5 Å². The number of carbonyl (C=O) groups is 1. The molecule has 3 aromatic carbocycles. The van der Waals surface area contributed by atoms with Crippen LogP contribution >= 0.6 is 0 Å². The Labute approximate surface area is 180 Å². The summed E-state index contributed by atoms with van der Waals surface area (Å²) in [4.78, 5) is 20.3. The van der Waals surface area contributed by atoms with Gasteiger partial charge in [0.25, 0.3) is 0 Å². The Morgan fingerprint density at radius 1 is 0.871 bits per heavy atom. The first kappa shape index (κ1) is 20.1. The van der Waals surface area contributed by atoms with E-state index in [-0.39, 0.29) is 0 Å². The van der Waals surface area contributed by atoms with E-state index < -0.39 is 12.0 Å². The van der Waals surface area contributed by atoms with Crippen LogP contribution in [-0.4, -0.2) is 27.1 Å². The van der Waals surface area contributed by atoms with Gasteiger partial charge in [0.15, 0.2) is 0 Å². The molecule has 31 heavy (non-hydrogen) atoms. The van der Waals surface area contributed by atoms with Crippen LogP contribution in [0.4, 0.5) is 11.5 Å². The van der Waals surface area contributed by atoms with E-state index in [1.807, 2.05) is 78.9 Å². The lowest BCUT2D eigenvalue weighted by atomic mass is 10.0. The zero-order valence-corrected chi connectivity index (χ0v) is 16.8. The van der Waals surface area contributed by atoms with E-state index in [2.05, 4.69) is 15.3 Å². The molecule has 0 bridgehead atoms. The van der Waals surface area contributed by atoms with Crippen LogP contribution in [0.2, 0.25) is 0 Å². The molecule has 1 atom stereocenters. The highest BCUT2D eigenvalue weighted by molar-refractivity contribution is 5.78. The average Bonchev–Trinajstić information content (AvgIpc) is 2.80. The number of aliphatic carboxylic acids is 1. The van der Waals surface area contributed by atoms with Crippen molar-refractivity contribution < 1.29 is 9.90 Å². The van der Waals surface area contributed by atoms with Crippen LogP contribution in [0.1, 0.15) is 5.56 Å². The van der Waals surface area contributed by atoms with Crippen LogP contribution in [-0.2, 0) is 11.2 Å². The van der Waals surface area contributed by atoms with Gasteiger partial charge in [0, 0.05) is 23.7 Å². The topological polar surface area (TPSA) is 101 Å². The van der Waals surface area contributed by atoms with Crippen molar-refractivity contribution in [3.63, 3.8) is 0 Å². The molecule has 0 fully saturated rings. The summed E-state index contributed by atoms with van der Waals surface area (Å²) in [5.41, 5.74) is 11.3. The molecule has 0 saturated heterocycles. The molecule has 154 valence electrons. The van der Waals surface area contributed by atoms with Gasteiger partial charge < -0.3 is 16.2 Å². The molecular formula is C25H22N4O2. The van der Waals surface area contributed by atoms with E-state index in [0.717, 1.165) is 27.9 Å². The second-order valence-electron chi connectivity index (χ2n) is 7.22. The summed E-state index contributed by atoms with van der Waals surface area (Å²) in [5, 5.41) is 12.6. The minimum absolute atomic E-state index is 0.352. The number of rotatable bonds is 7. The van der Waals surface area contributed by atoms with Gasteiger partial charge in [0.1, 0.15) is 18.2 Å². The van der Waals surface area contributed by atoms with Crippen molar-refractivity contribution in [2.24, 2.45) is 0 Å². The van der Waals surface area contributed by atoms with E-state index in [0.29, 0.717) is 17.9 Å². The Morgan fingerprint density at radius 3 is 2.32 bits per heavy atom. The van der Waals surface area contributed by atoms with Gasteiger partial charge in [0.05, 0.1) is 5.69 Å². The van der Waals surface area contributed by atoms with Gasteiger partial charge in [-0.1, -0.05) is 66.7 Å². The lowest BCUT2D eigenvalue weighted by Crippen LogP contribution is -2.31. The molecule has 0 spiro atoms. The van der Waals surface area contributed by atoms with E-state index in [9.17, 15) is 9.90 Å². The lowest BCUT2D eigenvalue weighted by molar-refractivity contribution is -0.137. The summed E-state index contributed by atoms with van der Waals surface area (Å²) < 4.78 is 0. The van der Waals surface area contributed by atoms with E-state index in [4.69, 9.17) is 5.73 Å². The maximum absolute atomic E-state index is 11.7. The molecule has 0 radical (unpaired) electrons. The van der Waals surface area contributed by atoms with E-state index >= 15 is 0 Å². The summed E-state index contributed by atoms with van der Waals surface area (Å²) in [6.07, 6.45) is 1.79. The zero-order chi connectivity index (χ0) is 21.6. The molecule has 0 aliphatic carbocycles. The van der Waals surface area contributed by atoms with Gasteiger partial charge in [-0.15, -0.1) is 0 Å². The normalized spacial score (nSPS) is 11.6. The molecule has 6 heteroatoms. The number of nitrogens with zero attached hydrogens (tertiary/aromatic N) is 2. The standard InChI is InChI=1S/C25H22N4O2/c26-21-8-4-7-20(14-21)18-9-11-19(12-10-18)22-15-24(28-16-27-22)29-23(25(30)31)13-17-5-2-1-3-6-17/h1-12,14-16,23H,13,26H2,(H,30,31)(H,27,28,29). The monoisotopic (exact) mass is 410 g/mol. The Balaban J connectivity index is 1.53. The molecule has 4 rings (SSSR count). The van der Waals surface area contributed by atoms with Gasteiger partial charge in [-0.25, -0.2) is 14.8 Å². The van der Waals surface area contributed by atoms with Crippen molar-refractivity contribution >= 4 is 17.5 Å². The predicted octanol–water partition coefficient (Wildman–Crippen LogP) is 4.50. The molecule has 6 nitrogen and oxygen atoms in total. The van der Waals surface area contributed by atoms with E-state index in [1.165, 1.54) is 6.33 Å². The highest BCUT2D eigenvalue weighted by Gasteiger charge is 2.18. The van der Waals surface area contributed by atoms with Crippen LogP contribution in [0.25, 0.3) is 22.4 Å². The first-order chi connectivity index (χ1) is 15.1. The van der Waals surface area contributed by atoms with Gasteiger partial charge in [-0.3, -0.25) is 0 Å². The van der Waals surface area contributed by atoms with Crippen molar-refractivity contribution in [1.82, 2.24) is 9.97 Å². The smallest absolute Gasteiger partial charge is 0.326 e. The Bertz CT molecular complexity index is 1180. The maximum Gasteiger partial charge on any atom is 0.326 e. The first-order valence-corrected chi connectivity index (χ1v) is 9.90. The number of carboxylic acid groups (broad SMARTS) is 1. The molecular weight excluding hydrogens is 388 g/mol. The van der Waals surface area contributed by atoms with Crippen molar-refractivity contribution in [2.75, 3.05) is 11.1 Å². The summed E-state index contributed by atoms with van der Waals surface area (Å²) in [6.45, 7) is 0. The fourth-order valence-corrected chi connectivity index (χ4v) is 3.37.